The molecular weight excluding hydrogens is 728 g/mol. The van der Waals surface area contributed by atoms with Crippen LogP contribution in [0.15, 0.2) is 66.7 Å². The Morgan fingerprint density at radius 2 is 1.62 bits per heavy atom. The smallest absolute Gasteiger partial charge is 0.431 e. The number of aromatic hydroxyl groups is 2. The molecule has 5 aromatic rings. The molecule has 0 saturated heterocycles. The number of ether oxygens (including phenoxy) is 3. The summed E-state index contributed by atoms with van der Waals surface area (Å²) in [6, 6.07) is 18.7. The summed E-state index contributed by atoms with van der Waals surface area (Å²) >= 11 is 4.64. The minimum Gasteiger partial charge on any atom is -0.507 e. The topological polar surface area (TPSA) is 172 Å². The number of carbonyl (C=O) groups excluding carboxylic acids is 3. The van der Waals surface area contributed by atoms with Crippen molar-refractivity contribution in [3.8, 4) is 17.2 Å². The van der Waals surface area contributed by atoms with Crippen molar-refractivity contribution in [1.29, 1.82) is 0 Å². The van der Waals surface area contributed by atoms with Gasteiger partial charge in [0.25, 0.3) is 11.8 Å². The highest BCUT2D eigenvalue weighted by Gasteiger charge is 2.30. The molecule has 3 amide bonds. The number of nitrogens with one attached hydrogen (secondary N) is 3. The van der Waals surface area contributed by atoms with Crippen molar-refractivity contribution in [1.82, 2.24) is 10.5 Å². The lowest BCUT2D eigenvalue weighted by molar-refractivity contribution is -0.0284. The molecule has 0 unspecified atom stereocenters. The van der Waals surface area contributed by atoms with Crippen molar-refractivity contribution in [2.75, 3.05) is 49.6 Å². The van der Waals surface area contributed by atoms with Crippen LogP contribution < -0.4 is 20.4 Å². The van der Waals surface area contributed by atoms with Crippen molar-refractivity contribution < 1.29 is 43.6 Å². The zero-order chi connectivity index (χ0) is 40.3. The number of benzene rings is 4. The van der Waals surface area contributed by atoms with Gasteiger partial charge in [-0.15, -0.1) is 11.6 Å². The zero-order valence-electron chi connectivity index (χ0n) is 32.2. The maximum absolute atomic E-state index is 13.7. The summed E-state index contributed by atoms with van der Waals surface area (Å²) in [5.74, 6) is -0.158. The van der Waals surface area contributed by atoms with Crippen LogP contribution in [0.2, 0.25) is 0 Å². The number of fused-ring (bicyclic) bond motifs is 4. The van der Waals surface area contributed by atoms with Crippen LogP contribution in [0.1, 0.15) is 66.6 Å². The number of H-pyrrole nitrogens is 1. The largest absolute Gasteiger partial charge is 0.507 e. The second-order valence-electron chi connectivity index (χ2n) is 13.1. The predicted octanol–water partition coefficient (Wildman–Crippen LogP) is 8.23. The normalized spacial score (nSPS) is 11.9. The van der Waals surface area contributed by atoms with Gasteiger partial charge in [0.2, 0.25) is 0 Å². The first-order valence-electron chi connectivity index (χ1n) is 17.9. The predicted molar refractivity (Wildman–Crippen MR) is 215 cm³/mol. The third kappa shape index (κ3) is 10.6. The van der Waals surface area contributed by atoms with Crippen LogP contribution in [0, 0.1) is 6.92 Å². The Labute approximate surface area is 325 Å². The molecule has 0 spiro atoms. The second-order valence-corrected chi connectivity index (χ2v) is 13.1. The first-order valence-corrected chi connectivity index (χ1v) is 18.7. The van der Waals surface area contributed by atoms with E-state index in [-0.39, 0.29) is 49.5 Å². The van der Waals surface area contributed by atoms with Gasteiger partial charge in [0, 0.05) is 47.1 Å². The molecule has 1 aliphatic heterocycles. The van der Waals surface area contributed by atoms with Crippen molar-refractivity contribution >= 4 is 62.6 Å². The molecular formula is C41H49ClN4O9. The molecule has 0 radical (unpaired) electrons. The molecule has 0 aliphatic carbocycles. The number of aryl methyl sites for hydroxylation is 1. The monoisotopic (exact) mass is 776 g/mol. The van der Waals surface area contributed by atoms with Crippen LogP contribution >= 0.6 is 11.6 Å². The SMILES string of the molecule is CC.CCl.Cc1cccc2c(O)cc3c(c12)CCN3C(=O)c1cc2cc(NC(=O)c3ccc(OCCOCCONC(=O)OC(C)(C)C)cc3)cc(O)c2[nH]1. The number of anilines is 2. The Bertz CT molecular complexity index is 2110. The van der Waals surface area contributed by atoms with E-state index in [4.69, 9.17) is 19.0 Å². The van der Waals surface area contributed by atoms with Gasteiger partial charge in [0.1, 0.15) is 35.2 Å². The summed E-state index contributed by atoms with van der Waals surface area (Å²) in [5.41, 5.74) is 5.62. The third-order valence-corrected chi connectivity index (χ3v) is 8.25. The number of halogens is 1. The molecule has 2 heterocycles. The highest BCUT2D eigenvalue weighted by atomic mass is 35.5. The minimum absolute atomic E-state index is 0.115. The number of hydrogen-bond acceptors (Lipinski definition) is 9. The molecule has 55 heavy (non-hydrogen) atoms. The number of rotatable bonds is 11. The van der Waals surface area contributed by atoms with Crippen LogP contribution in [-0.4, -0.2) is 78.1 Å². The van der Waals surface area contributed by atoms with Crippen molar-refractivity contribution in [3.63, 3.8) is 0 Å². The van der Waals surface area contributed by atoms with Gasteiger partial charge < -0.3 is 39.6 Å². The van der Waals surface area contributed by atoms with Crippen LogP contribution in [0.3, 0.4) is 0 Å². The number of aromatic nitrogens is 1. The third-order valence-electron chi connectivity index (χ3n) is 8.25. The van der Waals surface area contributed by atoms with E-state index in [0.717, 1.165) is 21.9 Å². The average molecular weight is 777 g/mol. The molecule has 14 heteroatoms. The highest BCUT2D eigenvalue weighted by molar-refractivity contribution is 6.15. The number of phenolic OH excluding ortho intramolecular Hbond substituents is 2. The molecule has 4 aromatic carbocycles. The maximum atomic E-state index is 13.7. The lowest BCUT2D eigenvalue weighted by Gasteiger charge is -2.19. The average Bonchev–Trinajstić information content (AvgIpc) is 3.79. The van der Waals surface area contributed by atoms with Crippen LogP contribution in [0.5, 0.6) is 17.2 Å². The van der Waals surface area contributed by atoms with Crippen molar-refractivity contribution in [3.05, 3.63) is 89.1 Å². The van der Waals surface area contributed by atoms with Crippen LogP contribution in [0.4, 0.5) is 16.2 Å². The number of phenols is 2. The Balaban J connectivity index is 0.00000163. The Kier molecular flexibility index (Phi) is 14.7. The fraction of sp³-hybridized carbons (Fsp3) is 0.341. The fourth-order valence-electron chi connectivity index (χ4n) is 6.05. The van der Waals surface area contributed by atoms with Gasteiger partial charge in [0.15, 0.2) is 0 Å². The molecule has 0 atom stereocenters. The summed E-state index contributed by atoms with van der Waals surface area (Å²) < 4.78 is 16.1. The minimum atomic E-state index is -0.678. The fourth-order valence-corrected chi connectivity index (χ4v) is 6.05. The number of hydroxylamine groups is 1. The Morgan fingerprint density at radius 3 is 2.33 bits per heavy atom. The molecule has 5 N–H and O–H groups in total. The van der Waals surface area contributed by atoms with E-state index in [1.54, 1.807) is 68.1 Å². The Morgan fingerprint density at radius 1 is 0.909 bits per heavy atom. The number of nitrogens with zero attached hydrogens (tertiary/aromatic N) is 1. The summed E-state index contributed by atoms with van der Waals surface area (Å²) in [5, 5.41) is 26.6. The van der Waals surface area contributed by atoms with Gasteiger partial charge in [-0.1, -0.05) is 32.0 Å². The quantitative estimate of drug-likeness (QED) is 0.0504. The summed E-state index contributed by atoms with van der Waals surface area (Å²) in [4.78, 5) is 47.9. The molecule has 294 valence electrons. The lowest BCUT2D eigenvalue weighted by atomic mass is 9.97. The van der Waals surface area contributed by atoms with E-state index in [2.05, 4.69) is 27.4 Å². The van der Waals surface area contributed by atoms with E-state index >= 15 is 0 Å². The number of alkyl halides is 1. The van der Waals surface area contributed by atoms with Gasteiger partial charge in [-0.25, -0.2) is 4.79 Å². The first-order chi connectivity index (χ1) is 26.4. The number of carbonyl (C=O) groups is 3. The molecule has 0 saturated carbocycles. The summed E-state index contributed by atoms with van der Waals surface area (Å²) in [6.45, 7) is 12.6. The highest BCUT2D eigenvalue weighted by Crippen LogP contribution is 2.41. The van der Waals surface area contributed by atoms with Gasteiger partial charge in [-0.3, -0.25) is 14.4 Å². The number of hydrogen-bond donors (Lipinski definition) is 5. The molecule has 1 aliphatic rings. The van der Waals surface area contributed by atoms with E-state index in [9.17, 15) is 24.6 Å². The van der Waals surface area contributed by atoms with Crippen LogP contribution in [0.25, 0.3) is 21.7 Å². The molecule has 1 aromatic heterocycles. The van der Waals surface area contributed by atoms with Crippen molar-refractivity contribution in [2.45, 2.75) is 53.6 Å². The standard InChI is InChI=1S/C38H40N4O9.C2H6.CH3Cl/c1-22-6-5-7-28-31(43)21-30-27(33(22)28)12-13-42(30)36(46)29-19-24-18-25(20-32(44)34(24)40-29)39-35(45)23-8-10-26(11-9-23)49-16-14-48-15-17-50-41-37(47)51-38(2,3)4;2*1-2/h5-11,18-21,40,43-44H,12-17H2,1-4H3,(H,39,45)(H,41,47);1-2H3;1H3. The van der Waals surface area contributed by atoms with Gasteiger partial charge in [-0.05, 0) is 87.0 Å². The second kappa shape index (κ2) is 19.2. The van der Waals surface area contributed by atoms with E-state index in [1.807, 2.05) is 39.0 Å². The summed E-state index contributed by atoms with van der Waals surface area (Å²) in [7, 11) is 0. The summed E-state index contributed by atoms with van der Waals surface area (Å²) in [6.07, 6.45) is 1.45. The van der Waals surface area contributed by atoms with Gasteiger partial charge in [-0.2, -0.15) is 5.48 Å². The van der Waals surface area contributed by atoms with Crippen molar-refractivity contribution in [2.24, 2.45) is 0 Å². The first kappa shape index (κ1) is 42.2. The van der Waals surface area contributed by atoms with E-state index in [1.165, 1.54) is 12.4 Å². The molecule has 13 nitrogen and oxygen atoms in total. The van der Waals surface area contributed by atoms with E-state index < -0.39 is 17.6 Å². The number of amides is 3. The lowest BCUT2D eigenvalue weighted by Crippen LogP contribution is -2.33. The Hall–Kier alpha value is -5.50. The molecule has 6 rings (SSSR count). The van der Waals surface area contributed by atoms with Crippen LogP contribution in [-0.2, 0) is 20.7 Å². The molecule has 0 bridgehead atoms. The van der Waals surface area contributed by atoms with Gasteiger partial charge in [0.05, 0.1) is 31.0 Å². The molecule has 0 fully saturated rings. The number of aromatic amines is 1. The van der Waals surface area contributed by atoms with Gasteiger partial charge >= 0.3 is 6.09 Å². The van der Waals surface area contributed by atoms with E-state index in [0.29, 0.717) is 46.6 Å². The maximum Gasteiger partial charge on any atom is 0.431 e. The zero-order valence-corrected chi connectivity index (χ0v) is 32.9.